The number of halogens is 1. The van der Waals surface area contributed by atoms with Crippen molar-refractivity contribution >= 4 is 12.2 Å². The van der Waals surface area contributed by atoms with Crippen LogP contribution in [-0.2, 0) is 11.3 Å². The predicted octanol–water partition coefficient (Wildman–Crippen LogP) is 3.21. The summed E-state index contributed by atoms with van der Waals surface area (Å²) in [5.74, 6) is -0.146. The lowest BCUT2D eigenvalue weighted by molar-refractivity contribution is -0.134. The quantitative estimate of drug-likeness (QED) is 0.734. The average molecular weight is 327 g/mol. The molecule has 0 saturated heterocycles. The maximum atomic E-state index is 13.8. The number of rotatable bonds is 7. The summed E-state index contributed by atoms with van der Waals surface area (Å²) in [5.41, 5.74) is 0.892. The van der Waals surface area contributed by atoms with Gasteiger partial charge in [-0.1, -0.05) is 30.3 Å². The van der Waals surface area contributed by atoms with Crippen molar-refractivity contribution in [1.82, 2.24) is 4.90 Å². The SMILES string of the molecule is O=Cc1ccccc1OCC(=O)N(Cc1ccccc1F)C1CC1. The normalized spacial score (nSPS) is 13.4. The van der Waals surface area contributed by atoms with Gasteiger partial charge in [-0.05, 0) is 31.0 Å². The molecule has 2 aromatic rings. The maximum absolute atomic E-state index is 13.8. The van der Waals surface area contributed by atoms with Crippen molar-refractivity contribution in [2.24, 2.45) is 0 Å². The van der Waals surface area contributed by atoms with E-state index in [4.69, 9.17) is 4.74 Å². The molecule has 5 heteroatoms. The maximum Gasteiger partial charge on any atom is 0.261 e. The first-order valence-corrected chi connectivity index (χ1v) is 7.89. The zero-order valence-corrected chi connectivity index (χ0v) is 13.2. The van der Waals surface area contributed by atoms with Crippen LogP contribution in [0.2, 0.25) is 0 Å². The van der Waals surface area contributed by atoms with Crippen LogP contribution in [0.3, 0.4) is 0 Å². The molecule has 0 spiro atoms. The second kappa shape index (κ2) is 7.25. The van der Waals surface area contributed by atoms with Gasteiger partial charge in [0.25, 0.3) is 5.91 Å². The molecule has 1 aliphatic rings. The highest BCUT2D eigenvalue weighted by Crippen LogP contribution is 2.29. The molecule has 4 nitrogen and oxygen atoms in total. The van der Waals surface area contributed by atoms with Gasteiger partial charge in [0.1, 0.15) is 11.6 Å². The molecule has 24 heavy (non-hydrogen) atoms. The zero-order valence-electron chi connectivity index (χ0n) is 13.2. The van der Waals surface area contributed by atoms with Gasteiger partial charge in [0.15, 0.2) is 12.9 Å². The fourth-order valence-corrected chi connectivity index (χ4v) is 2.55. The number of ether oxygens (including phenoxy) is 1. The van der Waals surface area contributed by atoms with Gasteiger partial charge in [-0.2, -0.15) is 0 Å². The fourth-order valence-electron chi connectivity index (χ4n) is 2.55. The third kappa shape index (κ3) is 3.79. The predicted molar refractivity (Wildman–Crippen MR) is 87.3 cm³/mol. The van der Waals surface area contributed by atoms with Gasteiger partial charge < -0.3 is 9.64 Å². The van der Waals surface area contributed by atoms with Crippen LogP contribution >= 0.6 is 0 Å². The van der Waals surface area contributed by atoms with Crippen LogP contribution in [0.5, 0.6) is 5.75 Å². The lowest BCUT2D eigenvalue weighted by atomic mass is 10.2. The minimum absolute atomic E-state index is 0.141. The lowest BCUT2D eigenvalue weighted by Crippen LogP contribution is -2.36. The van der Waals surface area contributed by atoms with E-state index < -0.39 is 0 Å². The Hall–Kier alpha value is -2.69. The van der Waals surface area contributed by atoms with E-state index >= 15 is 0 Å². The van der Waals surface area contributed by atoms with Crippen molar-refractivity contribution in [3.05, 3.63) is 65.5 Å². The molecule has 2 aromatic carbocycles. The molecule has 0 heterocycles. The second-order valence-corrected chi connectivity index (χ2v) is 5.79. The standard InChI is InChI=1S/C19H18FNO3/c20-17-7-3-1-5-14(17)11-21(16-9-10-16)19(23)13-24-18-8-4-2-6-15(18)12-22/h1-8,12,16H,9-11,13H2. The molecule has 1 fully saturated rings. The van der Waals surface area contributed by atoms with Gasteiger partial charge in [-0.3, -0.25) is 9.59 Å². The highest BCUT2D eigenvalue weighted by atomic mass is 19.1. The van der Waals surface area contributed by atoms with Crippen LogP contribution in [0.25, 0.3) is 0 Å². The van der Waals surface area contributed by atoms with E-state index in [1.54, 1.807) is 47.4 Å². The zero-order chi connectivity index (χ0) is 16.9. The number of hydrogen-bond acceptors (Lipinski definition) is 3. The Labute approximate surface area is 139 Å². The van der Waals surface area contributed by atoms with Gasteiger partial charge in [-0.15, -0.1) is 0 Å². The summed E-state index contributed by atoms with van der Waals surface area (Å²) >= 11 is 0. The van der Waals surface area contributed by atoms with E-state index in [0.29, 0.717) is 23.2 Å². The van der Waals surface area contributed by atoms with Crippen LogP contribution in [0.1, 0.15) is 28.8 Å². The highest BCUT2D eigenvalue weighted by Gasteiger charge is 2.33. The summed E-state index contributed by atoms with van der Waals surface area (Å²) in [6.45, 7) is 0.0602. The molecule has 1 amide bonds. The first-order chi connectivity index (χ1) is 11.7. The average Bonchev–Trinajstić information content (AvgIpc) is 3.44. The first kappa shape index (κ1) is 16.2. The molecule has 1 aliphatic carbocycles. The van der Waals surface area contributed by atoms with Gasteiger partial charge in [0.2, 0.25) is 0 Å². The first-order valence-electron chi connectivity index (χ1n) is 7.89. The summed E-state index contributed by atoms with van der Waals surface area (Å²) in [7, 11) is 0. The van der Waals surface area contributed by atoms with Gasteiger partial charge in [0.05, 0.1) is 5.56 Å². The molecule has 0 bridgehead atoms. The van der Waals surface area contributed by atoms with Crippen LogP contribution in [-0.4, -0.2) is 29.7 Å². The molecular weight excluding hydrogens is 309 g/mol. The number of hydrogen-bond donors (Lipinski definition) is 0. The van der Waals surface area contributed by atoms with Crippen molar-refractivity contribution in [2.45, 2.75) is 25.4 Å². The summed E-state index contributed by atoms with van der Waals surface area (Å²) < 4.78 is 19.3. The number of carbonyl (C=O) groups is 2. The molecule has 0 radical (unpaired) electrons. The van der Waals surface area contributed by atoms with Crippen LogP contribution in [0.4, 0.5) is 4.39 Å². The number of carbonyl (C=O) groups excluding carboxylic acids is 2. The van der Waals surface area contributed by atoms with Gasteiger partial charge in [0, 0.05) is 18.2 Å². The van der Waals surface area contributed by atoms with Gasteiger partial charge in [-0.25, -0.2) is 4.39 Å². The Kier molecular flexibility index (Phi) is 4.89. The number of nitrogens with zero attached hydrogens (tertiary/aromatic N) is 1. The number of para-hydroxylation sites is 1. The Morgan fingerprint density at radius 3 is 2.58 bits per heavy atom. The van der Waals surface area contributed by atoms with Gasteiger partial charge >= 0.3 is 0 Å². The molecule has 124 valence electrons. The minimum Gasteiger partial charge on any atom is -0.483 e. The van der Waals surface area contributed by atoms with Crippen molar-refractivity contribution < 1.29 is 18.7 Å². The Balaban J connectivity index is 1.67. The Morgan fingerprint density at radius 1 is 1.17 bits per heavy atom. The largest absolute Gasteiger partial charge is 0.483 e. The number of amides is 1. The number of benzene rings is 2. The summed E-state index contributed by atoms with van der Waals surface area (Å²) in [4.78, 5) is 25.1. The highest BCUT2D eigenvalue weighted by molar-refractivity contribution is 5.81. The summed E-state index contributed by atoms with van der Waals surface area (Å²) in [6.07, 6.45) is 2.54. The molecular formula is C19H18FNO3. The minimum atomic E-state index is -0.317. The van der Waals surface area contributed by atoms with E-state index in [-0.39, 0.29) is 30.9 Å². The van der Waals surface area contributed by atoms with E-state index in [0.717, 1.165) is 12.8 Å². The molecule has 0 N–H and O–H groups in total. The third-order valence-electron chi connectivity index (χ3n) is 4.00. The van der Waals surface area contributed by atoms with Crippen LogP contribution in [0, 0.1) is 5.82 Å². The lowest BCUT2D eigenvalue weighted by Gasteiger charge is -2.23. The third-order valence-corrected chi connectivity index (χ3v) is 4.00. The van der Waals surface area contributed by atoms with Crippen molar-refractivity contribution in [3.63, 3.8) is 0 Å². The van der Waals surface area contributed by atoms with E-state index in [1.807, 2.05) is 0 Å². The molecule has 3 rings (SSSR count). The van der Waals surface area contributed by atoms with Crippen LogP contribution in [0.15, 0.2) is 48.5 Å². The monoisotopic (exact) mass is 327 g/mol. The number of aldehydes is 1. The van der Waals surface area contributed by atoms with Crippen molar-refractivity contribution in [2.75, 3.05) is 6.61 Å². The fraction of sp³-hybridized carbons (Fsp3) is 0.263. The molecule has 0 aromatic heterocycles. The van der Waals surface area contributed by atoms with E-state index in [2.05, 4.69) is 0 Å². The van der Waals surface area contributed by atoms with E-state index in [9.17, 15) is 14.0 Å². The molecule has 0 aliphatic heterocycles. The molecule has 0 unspecified atom stereocenters. The summed E-state index contributed by atoms with van der Waals surface area (Å²) in [5, 5.41) is 0. The topological polar surface area (TPSA) is 46.6 Å². The summed E-state index contributed by atoms with van der Waals surface area (Å²) in [6, 6.07) is 13.3. The Morgan fingerprint density at radius 2 is 1.88 bits per heavy atom. The molecule has 1 saturated carbocycles. The second-order valence-electron chi connectivity index (χ2n) is 5.79. The molecule has 0 atom stereocenters. The Bertz CT molecular complexity index is 743. The van der Waals surface area contributed by atoms with E-state index in [1.165, 1.54) is 6.07 Å². The van der Waals surface area contributed by atoms with Crippen molar-refractivity contribution in [3.8, 4) is 5.75 Å². The van der Waals surface area contributed by atoms with Crippen molar-refractivity contribution in [1.29, 1.82) is 0 Å². The smallest absolute Gasteiger partial charge is 0.261 e. The van der Waals surface area contributed by atoms with Crippen LogP contribution < -0.4 is 4.74 Å².